The Balaban J connectivity index is 2.04. The van der Waals surface area contributed by atoms with Crippen LogP contribution >= 0.6 is 0 Å². The van der Waals surface area contributed by atoms with E-state index in [1.165, 1.54) is 22.3 Å². The minimum absolute atomic E-state index is 0.603. The number of hydrogen-bond acceptors (Lipinski definition) is 1. The van der Waals surface area contributed by atoms with Crippen molar-refractivity contribution in [3.63, 3.8) is 0 Å². The Morgan fingerprint density at radius 2 is 1.83 bits per heavy atom. The third-order valence-corrected chi connectivity index (χ3v) is 3.81. The largest absolute Gasteiger partial charge is 0.316 e. The van der Waals surface area contributed by atoms with E-state index in [-0.39, 0.29) is 0 Å². The van der Waals surface area contributed by atoms with Gasteiger partial charge in [0.15, 0.2) is 0 Å². The van der Waals surface area contributed by atoms with Crippen LogP contribution in [0.2, 0.25) is 0 Å². The first-order chi connectivity index (χ1) is 8.84. The molecule has 0 amide bonds. The Labute approximate surface area is 109 Å². The summed E-state index contributed by atoms with van der Waals surface area (Å²) in [6, 6.07) is 17.6. The van der Waals surface area contributed by atoms with Gasteiger partial charge in [0.25, 0.3) is 0 Å². The Morgan fingerprint density at radius 3 is 2.67 bits per heavy atom. The van der Waals surface area contributed by atoms with Crippen molar-refractivity contribution in [2.24, 2.45) is 0 Å². The Kier molecular flexibility index (Phi) is 3.16. The van der Waals surface area contributed by atoms with Crippen LogP contribution < -0.4 is 5.32 Å². The molecule has 2 aromatic carbocycles. The summed E-state index contributed by atoms with van der Waals surface area (Å²) in [6.45, 7) is 4.50. The zero-order chi connectivity index (χ0) is 12.4. The van der Waals surface area contributed by atoms with Crippen LogP contribution in [0.3, 0.4) is 0 Å². The van der Waals surface area contributed by atoms with Crippen molar-refractivity contribution in [3.05, 3.63) is 59.7 Å². The predicted octanol–water partition coefficient (Wildman–Crippen LogP) is 3.60. The summed E-state index contributed by atoms with van der Waals surface area (Å²) in [4.78, 5) is 0. The second-order valence-electron chi connectivity index (χ2n) is 5.13. The summed E-state index contributed by atoms with van der Waals surface area (Å²) in [6.07, 6.45) is 1.15. The maximum Gasteiger partial charge on any atom is 0.00177 e. The van der Waals surface area contributed by atoms with E-state index in [9.17, 15) is 0 Å². The number of hydrogen-bond donors (Lipinski definition) is 1. The summed E-state index contributed by atoms with van der Waals surface area (Å²) < 4.78 is 0. The van der Waals surface area contributed by atoms with E-state index in [2.05, 4.69) is 60.8 Å². The molecule has 1 heterocycles. The van der Waals surface area contributed by atoms with Gasteiger partial charge in [0, 0.05) is 6.54 Å². The Morgan fingerprint density at radius 1 is 1.00 bits per heavy atom. The lowest BCUT2D eigenvalue weighted by Crippen LogP contribution is -2.18. The van der Waals surface area contributed by atoms with Crippen LogP contribution in [0.1, 0.15) is 24.0 Å². The van der Waals surface area contributed by atoms with Crippen molar-refractivity contribution in [1.29, 1.82) is 0 Å². The van der Waals surface area contributed by atoms with Gasteiger partial charge in [-0.2, -0.15) is 0 Å². The van der Waals surface area contributed by atoms with Crippen LogP contribution in [-0.4, -0.2) is 13.1 Å². The zero-order valence-corrected chi connectivity index (χ0v) is 10.8. The summed E-state index contributed by atoms with van der Waals surface area (Å²) >= 11 is 0. The molecule has 0 bridgehead atoms. The minimum atomic E-state index is 0.603. The SMILES string of the molecule is CC1CNCCc2ccc(-c3ccccc3)cc21. The highest BCUT2D eigenvalue weighted by Gasteiger charge is 2.14. The molecular formula is C17H19N. The number of rotatable bonds is 1. The molecule has 1 N–H and O–H groups in total. The molecule has 0 aromatic heterocycles. The van der Waals surface area contributed by atoms with Crippen LogP contribution in [0.4, 0.5) is 0 Å². The normalized spacial score (nSPS) is 19.1. The van der Waals surface area contributed by atoms with E-state index in [1.807, 2.05) is 0 Å². The van der Waals surface area contributed by atoms with E-state index in [0.717, 1.165) is 19.5 Å². The first-order valence-electron chi connectivity index (χ1n) is 6.73. The van der Waals surface area contributed by atoms with Gasteiger partial charge in [-0.3, -0.25) is 0 Å². The smallest absolute Gasteiger partial charge is 0.00177 e. The fraction of sp³-hybridized carbons (Fsp3) is 0.294. The van der Waals surface area contributed by atoms with E-state index >= 15 is 0 Å². The van der Waals surface area contributed by atoms with Crippen LogP contribution in [0.15, 0.2) is 48.5 Å². The highest BCUT2D eigenvalue weighted by Crippen LogP contribution is 2.28. The highest BCUT2D eigenvalue weighted by molar-refractivity contribution is 5.65. The van der Waals surface area contributed by atoms with E-state index in [0.29, 0.717) is 5.92 Å². The number of benzene rings is 2. The maximum absolute atomic E-state index is 3.50. The second-order valence-corrected chi connectivity index (χ2v) is 5.13. The molecule has 1 aliphatic heterocycles. The monoisotopic (exact) mass is 237 g/mol. The first kappa shape index (κ1) is 11.5. The van der Waals surface area contributed by atoms with Gasteiger partial charge in [-0.1, -0.05) is 55.5 Å². The van der Waals surface area contributed by atoms with E-state index < -0.39 is 0 Å². The van der Waals surface area contributed by atoms with Gasteiger partial charge in [0.05, 0.1) is 0 Å². The van der Waals surface area contributed by atoms with Crippen molar-refractivity contribution in [2.45, 2.75) is 19.3 Å². The topological polar surface area (TPSA) is 12.0 Å². The van der Waals surface area contributed by atoms with Gasteiger partial charge >= 0.3 is 0 Å². The molecule has 1 atom stereocenters. The van der Waals surface area contributed by atoms with Crippen molar-refractivity contribution in [2.75, 3.05) is 13.1 Å². The van der Waals surface area contributed by atoms with Crippen LogP contribution in [0.5, 0.6) is 0 Å². The quantitative estimate of drug-likeness (QED) is 0.799. The maximum atomic E-state index is 3.50. The molecule has 0 saturated carbocycles. The molecule has 1 aliphatic rings. The van der Waals surface area contributed by atoms with Crippen molar-refractivity contribution in [3.8, 4) is 11.1 Å². The molecule has 2 aromatic rings. The average Bonchev–Trinajstić information content (AvgIpc) is 2.62. The summed E-state index contributed by atoms with van der Waals surface area (Å²) in [5, 5.41) is 3.50. The van der Waals surface area contributed by atoms with Crippen molar-refractivity contribution < 1.29 is 0 Å². The van der Waals surface area contributed by atoms with Crippen LogP contribution in [0.25, 0.3) is 11.1 Å². The fourth-order valence-corrected chi connectivity index (χ4v) is 2.74. The van der Waals surface area contributed by atoms with E-state index in [4.69, 9.17) is 0 Å². The van der Waals surface area contributed by atoms with Gasteiger partial charge in [0.1, 0.15) is 0 Å². The third kappa shape index (κ3) is 2.19. The second kappa shape index (κ2) is 4.95. The lowest BCUT2D eigenvalue weighted by Gasteiger charge is -2.14. The van der Waals surface area contributed by atoms with Crippen LogP contribution in [-0.2, 0) is 6.42 Å². The molecule has 1 nitrogen and oxygen atoms in total. The highest BCUT2D eigenvalue weighted by atomic mass is 14.9. The third-order valence-electron chi connectivity index (χ3n) is 3.81. The lowest BCUT2D eigenvalue weighted by molar-refractivity contribution is 0.644. The first-order valence-corrected chi connectivity index (χ1v) is 6.73. The molecule has 18 heavy (non-hydrogen) atoms. The van der Waals surface area contributed by atoms with Crippen molar-refractivity contribution in [1.82, 2.24) is 5.32 Å². The van der Waals surface area contributed by atoms with Gasteiger partial charge < -0.3 is 5.32 Å². The fourth-order valence-electron chi connectivity index (χ4n) is 2.74. The molecule has 92 valence electrons. The Bertz CT molecular complexity index is 531. The van der Waals surface area contributed by atoms with E-state index in [1.54, 1.807) is 0 Å². The summed E-state index contributed by atoms with van der Waals surface area (Å²) in [5.41, 5.74) is 5.67. The van der Waals surface area contributed by atoms with Gasteiger partial charge in [-0.05, 0) is 41.1 Å². The van der Waals surface area contributed by atoms with Gasteiger partial charge in [-0.15, -0.1) is 0 Å². The average molecular weight is 237 g/mol. The predicted molar refractivity (Wildman–Crippen MR) is 76.9 cm³/mol. The molecular weight excluding hydrogens is 218 g/mol. The standard InChI is InChI=1S/C17H19N/c1-13-12-18-10-9-15-7-8-16(11-17(13)15)14-5-3-2-4-6-14/h2-8,11,13,18H,9-10,12H2,1H3. The van der Waals surface area contributed by atoms with Crippen LogP contribution in [0, 0.1) is 0 Å². The number of nitrogens with one attached hydrogen (secondary N) is 1. The lowest BCUT2D eigenvalue weighted by atomic mass is 9.91. The summed E-state index contributed by atoms with van der Waals surface area (Å²) in [7, 11) is 0. The zero-order valence-electron chi connectivity index (χ0n) is 10.8. The molecule has 3 rings (SSSR count). The summed E-state index contributed by atoms with van der Waals surface area (Å²) in [5.74, 6) is 0.603. The molecule has 0 radical (unpaired) electrons. The minimum Gasteiger partial charge on any atom is -0.316 e. The Hall–Kier alpha value is -1.60. The molecule has 0 spiro atoms. The van der Waals surface area contributed by atoms with Crippen molar-refractivity contribution >= 4 is 0 Å². The molecule has 0 fully saturated rings. The molecule has 1 unspecified atom stereocenters. The molecule has 0 saturated heterocycles. The molecule has 1 heteroatoms. The molecule has 0 aliphatic carbocycles. The van der Waals surface area contributed by atoms with Gasteiger partial charge in [0.2, 0.25) is 0 Å². The van der Waals surface area contributed by atoms with Gasteiger partial charge in [-0.25, -0.2) is 0 Å². The number of fused-ring (bicyclic) bond motifs is 1.